The van der Waals surface area contributed by atoms with Crippen LogP contribution in [0.5, 0.6) is 0 Å². The van der Waals surface area contributed by atoms with E-state index >= 15 is 0 Å². The number of carbonyl (C=O) groups excluding carboxylic acids is 1. The number of carbonyl (C=O) groups is 1. The van der Waals surface area contributed by atoms with Crippen molar-refractivity contribution in [2.75, 3.05) is 5.32 Å². The van der Waals surface area contributed by atoms with Gasteiger partial charge in [0.2, 0.25) is 0 Å². The summed E-state index contributed by atoms with van der Waals surface area (Å²) >= 11 is 0. The largest absolute Gasteiger partial charge is 0.322 e. The van der Waals surface area contributed by atoms with Gasteiger partial charge >= 0.3 is 0 Å². The van der Waals surface area contributed by atoms with Crippen molar-refractivity contribution in [3.63, 3.8) is 0 Å². The summed E-state index contributed by atoms with van der Waals surface area (Å²) in [6, 6.07) is 9.71. The van der Waals surface area contributed by atoms with Crippen molar-refractivity contribution in [3.05, 3.63) is 66.0 Å². The number of aryl methyl sites for hydroxylation is 1. The molecule has 1 aliphatic rings. The van der Waals surface area contributed by atoms with Crippen molar-refractivity contribution in [1.82, 2.24) is 29.5 Å². The van der Waals surface area contributed by atoms with Gasteiger partial charge in [-0.15, -0.1) is 0 Å². The van der Waals surface area contributed by atoms with Crippen molar-refractivity contribution in [2.24, 2.45) is 0 Å². The molecule has 152 valence electrons. The van der Waals surface area contributed by atoms with Gasteiger partial charge in [0.1, 0.15) is 12.7 Å². The third kappa shape index (κ3) is 3.68. The highest BCUT2D eigenvalue weighted by Gasteiger charge is 2.28. The molecule has 0 spiro atoms. The van der Waals surface area contributed by atoms with Gasteiger partial charge in [0.25, 0.3) is 5.91 Å². The second-order valence-electron chi connectivity index (χ2n) is 7.72. The fraction of sp³-hybridized carbons (Fsp3) is 0.318. The SMILES string of the molecule is CCCn1ncc2c(C(=O)Nc3ccc(Cn4cncn4)cc3)cc(C3CC3)nc21. The second-order valence-corrected chi connectivity index (χ2v) is 7.72. The zero-order valence-corrected chi connectivity index (χ0v) is 16.8. The van der Waals surface area contributed by atoms with Gasteiger partial charge in [-0.25, -0.2) is 19.3 Å². The summed E-state index contributed by atoms with van der Waals surface area (Å²) in [5.41, 5.74) is 4.27. The first-order valence-electron chi connectivity index (χ1n) is 10.3. The Bertz CT molecular complexity index is 1170. The third-order valence-corrected chi connectivity index (χ3v) is 5.33. The Balaban J connectivity index is 1.40. The van der Waals surface area contributed by atoms with Crippen molar-refractivity contribution in [1.29, 1.82) is 0 Å². The lowest BCUT2D eigenvalue weighted by atomic mass is 10.1. The van der Waals surface area contributed by atoms with Gasteiger partial charge in [-0.2, -0.15) is 10.2 Å². The van der Waals surface area contributed by atoms with Crippen LogP contribution in [0, 0.1) is 0 Å². The Hall–Kier alpha value is -3.55. The Morgan fingerprint density at radius 1 is 1.20 bits per heavy atom. The molecule has 30 heavy (non-hydrogen) atoms. The minimum atomic E-state index is -0.135. The molecule has 0 radical (unpaired) electrons. The van der Waals surface area contributed by atoms with Gasteiger partial charge in [0.15, 0.2) is 5.65 Å². The molecule has 5 rings (SSSR count). The van der Waals surface area contributed by atoms with Crippen LogP contribution in [0.3, 0.4) is 0 Å². The van der Waals surface area contributed by atoms with Crippen LogP contribution in [-0.2, 0) is 13.1 Å². The first kappa shape index (κ1) is 18.5. The minimum Gasteiger partial charge on any atom is -0.322 e. The van der Waals surface area contributed by atoms with Crippen LogP contribution in [0.1, 0.15) is 53.7 Å². The van der Waals surface area contributed by atoms with Gasteiger partial charge in [-0.05, 0) is 43.0 Å². The Morgan fingerprint density at radius 2 is 2.03 bits per heavy atom. The van der Waals surface area contributed by atoms with E-state index in [0.29, 0.717) is 18.0 Å². The van der Waals surface area contributed by atoms with Crippen LogP contribution in [0.2, 0.25) is 0 Å². The molecular formula is C22H23N7O. The predicted octanol–water partition coefficient (Wildman–Crippen LogP) is 3.61. The molecule has 0 bridgehead atoms. The molecule has 0 aliphatic heterocycles. The molecule has 1 amide bonds. The summed E-state index contributed by atoms with van der Waals surface area (Å²) in [5.74, 6) is 0.325. The molecular weight excluding hydrogens is 378 g/mol. The molecule has 3 aromatic heterocycles. The lowest BCUT2D eigenvalue weighted by Crippen LogP contribution is -2.13. The molecule has 1 fully saturated rings. The van der Waals surface area contributed by atoms with Crippen LogP contribution < -0.4 is 5.32 Å². The predicted molar refractivity (Wildman–Crippen MR) is 113 cm³/mol. The van der Waals surface area contributed by atoms with Crippen LogP contribution >= 0.6 is 0 Å². The molecule has 0 atom stereocenters. The molecule has 1 saturated carbocycles. The third-order valence-electron chi connectivity index (χ3n) is 5.33. The summed E-state index contributed by atoms with van der Waals surface area (Å²) in [7, 11) is 0. The van der Waals surface area contributed by atoms with E-state index in [9.17, 15) is 4.79 Å². The van der Waals surface area contributed by atoms with Gasteiger partial charge in [0, 0.05) is 23.8 Å². The van der Waals surface area contributed by atoms with E-state index in [4.69, 9.17) is 4.98 Å². The smallest absolute Gasteiger partial charge is 0.256 e. The van der Waals surface area contributed by atoms with E-state index in [1.165, 1.54) is 6.33 Å². The number of amides is 1. The van der Waals surface area contributed by atoms with E-state index in [-0.39, 0.29) is 5.91 Å². The molecule has 8 heteroatoms. The maximum absolute atomic E-state index is 13.1. The first-order chi connectivity index (χ1) is 14.7. The van der Waals surface area contributed by atoms with Gasteiger partial charge in [0.05, 0.1) is 23.7 Å². The molecule has 8 nitrogen and oxygen atoms in total. The zero-order valence-electron chi connectivity index (χ0n) is 16.8. The van der Waals surface area contributed by atoms with Crippen molar-refractivity contribution in [3.8, 4) is 0 Å². The average Bonchev–Trinajstić information content (AvgIpc) is 3.34. The Labute approximate surface area is 174 Å². The van der Waals surface area contributed by atoms with Crippen molar-refractivity contribution >= 4 is 22.6 Å². The number of benzene rings is 1. The van der Waals surface area contributed by atoms with Crippen LogP contribution in [0.4, 0.5) is 5.69 Å². The summed E-state index contributed by atoms with van der Waals surface area (Å²) < 4.78 is 3.66. The lowest BCUT2D eigenvalue weighted by molar-refractivity contribution is 0.102. The standard InChI is InChI=1S/C22H23N7O/c1-2-9-29-21-19(11-24-29)18(10-20(27-21)16-5-6-16)22(30)26-17-7-3-15(4-8-17)12-28-14-23-13-25-28/h3-4,7-8,10-11,13-14,16H,2,5-6,9,12H2,1H3,(H,26,30). The fourth-order valence-corrected chi connectivity index (χ4v) is 3.61. The Kier molecular flexibility index (Phi) is 4.74. The number of hydrogen-bond donors (Lipinski definition) is 1. The molecule has 4 aromatic rings. The molecule has 3 heterocycles. The normalized spacial score (nSPS) is 13.6. The van der Waals surface area contributed by atoms with Crippen LogP contribution in [0.15, 0.2) is 49.2 Å². The van der Waals surface area contributed by atoms with E-state index in [0.717, 1.165) is 53.8 Å². The van der Waals surface area contributed by atoms with Gasteiger partial charge in [-0.3, -0.25) is 4.79 Å². The monoisotopic (exact) mass is 401 g/mol. The number of aromatic nitrogens is 6. The highest BCUT2D eigenvalue weighted by molar-refractivity contribution is 6.12. The van der Waals surface area contributed by atoms with Gasteiger partial charge < -0.3 is 5.32 Å². The Morgan fingerprint density at radius 3 is 2.73 bits per heavy atom. The average molecular weight is 401 g/mol. The second kappa shape index (κ2) is 7.70. The molecule has 1 aromatic carbocycles. The highest BCUT2D eigenvalue weighted by atomic mass is 16.1. The summed E-state index contributed by atoms with van der Waals surface area (Å²) in [4.78, 5) is 21.9. The number of nitrogens with one attached hydrogen (secondary N) is 1. The quantitative estimate of drug-likeness (QED) is 0.511. The zero-order chi connectivity index (χ0) is 20.5. The van der Waals surface area contributed by atoms with Gasteiger partial charge in [-0.1, -0.05) is 19.1 Å². The minimum absolute atomic E-state index is 0.135. The van der Waals surface area contributed by atoms with Crippen LogP contribution in [-0.4, -0.2) is 35.4 Å². The van der Waals surface area contributed by atoms with Crippen molar-refractivity contribution < 1.29 is 4.79 Å². The molecule has 0 unspecified atom stereocenters. The highest BCUT2D eigenvalue weighted by Crippen LogP contribution is 2.40. The summed E-state index contributed by atoms with van der Waals surface area (Å²) in [6.45, 7) is 3.54. The number of fused-ring (bicyclic) bond motifs is 1. The van der Waals surface area contributed by atoms with Crippen LogP contribution in [0.25, 0.3) is 11.0 Å². The summed E-state index contributed by atoms with van der Waals surface area (Å²) in [6.07, 6.45) is 8.19. The fourth-order valence-electron chi connectivity index (χ4n) is 3.61. The number of nitrogens with zero attached hydrogens (tertiary/aromatic N) is 6. The topological polar surface area (TPSA) is 90.5 Å². The maximum atomic E-state index is 13.1. The molecule has 1 aliphatic carbocycles. The van der Waals surface area contributed by atoms with E-state index in [1.807, 2.05) is 35.0 Å². The van der Waals surface area contributed by atoms with E-state index in [2.05, 4.69) is 27.4 Å². The number of hydrogen-bond acceptors (Lipinski definition) is 5. The van der Waals surface area contributed by atoms with E-state index < -0.39 is 0 Å². The maximum Gasteiger partial charge on any atom is 0.256 e. The number of pyridine rings is 1. The number of rotatable bonds is 7. The van der Waals surface area contributed by atoms with E-state index in [1.54, 1.807) is 17.2 Å². The lowest BCUT2D eigenvalue weighted by Gasteiger charge is -2.10. The molecule has 0 saturated heterocycles. The van der Waals surface area contributed by atoms with Crippen molar-refractivity contribution in [2.45, 2.75) is 45.2 Å². The summed E-state index contributed by atoms with van der Waals surface area (Å²) in [5, 5.41) is 12.4. The first-order valence-corrected chi connectivity index (χ1v) is 10.3. The molecule has 1 N–H and O–H groups in total. The number of anilines is 1.